The van der Waals surface area contributed by atoms with E-state index in [1.807, 2.05) is 48.7 Å². The Hall–Kier alpha value is -4.00. The zero-order chi connectivity index (χ0) is 23.1. The summed E-state index contributed by atoms with van der Waals surface area (Å²) >= 11 is 0. The van der Waals surface area contributed by atoms with E-state index < -0.39 is 7.05 Å². The summed E-state index contributed by atoms with van der Waals surface area (Å²) in [5.41, 5.74) is 2.94. The average Bonchev–Trinajstić information content (AvgIpc) is 2.93. The maximum Gasteiger partial charge on any atom is 0.0631 e. The molecule has 5 rings (SSSR count). The first kappa shape index (κ1) is 21.8. The molecule has 0 saturated heterocycles. The van der Waals surface area contributed by atoms with Gasteiger partial charge in [-0.25, -0.2) is 0 Å². The first-order valence-corrected chi connectivity index (χ1v) is 13.1. The summed E-state index contributed by atoms with van der Waals surface area (Å²) in [6.45, 7) is 0. The summed E-state index contributed by atoms with van der Waals surface area (Å²) in [5, 5.41) is 3.70. The van der Waals surface area contributed by atoms with E-state index in [-0.39, 0.29) is 0 Å². The lowest BCUT2D eigenvalue weighted by molar-refractivity contribution is 1.49. The van der Waals surface area contributed by atoms with E-state index in [2.05, 4.69) is 108 Å². The highest BCUT2D eigenvalue weighted by Gasteiger charge is 2.27. The third-order valence-corrected chi connectivity index (χ3v) is 9.33. The van der Waals surface area contributed by atoms with Gasteiger partial charge in [-0.05, 0) is 29.8 Å². The van der Waals surface area contributed by atoms with Crippen LogP contribution in [0.25, 0.3) is 0 Å². The molecular weight excluding hydrogens is 431 g/mol. The Balaban J connectivity index is 1.65. The Morgan fingerprint density at radius 2 is 0.794 bits per heavy atom. The van der Waals surface area contributed by atoms with Gasteiger partial charge in [-0.3, -0.25) is 9.74 Å². The van der Waals surface area contributed by atoms with Crippen molar-refractivity contribution in [1.82, 2.24) is 0 Å². The predicted octanol–water partition coefficient (Wildman–Crippen LogP) is 7.25. The minimum atomic E-state index is -2.27. The van der Waals surface area contributed by atoms with Gasteiger partial charge in [0.2, 0.25) is 0 Å². The number of aliphatic imine (C=N–C) groups is 1. The smallest absolute Gasteiger partial charge is 0.0631 e. The summed E-state index contributed by atoms with van der Waals surface area (Å²) < 4.78 is 5.52. The Morgan fingerprint density at radius 1 is 0.412 bits per heavy atom. The molecule has 34 heavy (non-hydrogen) atoms. The molecule has 5 aromatic rings. The Bertz CT molecular complexity index is 1310. The third kappa shape index (κ3) is 4.69. The van der Waals surface area contributed by atoms with E-state index in [4.69, 9.17) is 4.74 Å². The predicted molar refractivity (Wildman–Crippen MR) is 147 cm³/mol. The average molecular weight is 457 g/mol. The number of hydrogen-bond acceptors (Lipinski definition) is 2. The topological polar surface area (TPSA) is 24.7 Å². The molecule has 0 aromatic heterocycles. The molecular formula is C31H25N2P. The highest BCUT2D eigenvalue weighted by Crippen LogP contribution is 2.49. The van der Waals surface area contributed by atoms with Crippen LogP contribution in [0, 0.1) is 0 Å². The molecule has 0 saturated carbocycles. The van der Waals surface area contributed by atoms with Crippen molar-refractivity contribution < 1.29 is 0 Å². The van der Waals surface area contributed by atoms with Crippen molar-refractivity contribution in [3.8, 4) is 0 Å². The van der Waals surface area contributed by atoms with Crippen LogP contribution in [0.5, 0.6) is 0 Å². The molecule has 0 heterocycles. The summed E-state index contributed by atoms with van der Waals surface area (Å²) in [7, 11) is -2.27. The number of rotatable bonds is 6. The second-order valence-corrected chi connectivity index (χ2v) is 10.9. The molecule has 0 aliphatic carbocycles. The zero-order valence-corrected chi connectivity index (χ0v) is 19.7. The molecule has 0 bridgehead atoms. The monoisotopic (exact) mass is 456 g/mol. The lowest BCUT2D eigenvalue weighted by Crippen LogP contribution is -2.25. The van der Waals surface area contributed by atoms with Gasteiger partial charge in [0, 0.05) is 22.1 Å². The number of hydrogen-bond donors (Lipinski definition) is 0. The molecule has 0 aliphatic rings. The summed E-state index contributed by atoms with van der Waals surface area (Å²) in [5.74, 6) is 0. The van der Waals surface area contributed by atoms with E-state index >= 15 is 0 Å². The molecule has 0 spiro atoms. The van der Waals surface area contributed by atoms with Crippen LogP contribution in [0.2, 0.25) is 0 Å². The van der Waals surface area contributed by atoms with E-state index in [0.717, 1.165) is 16.9 Å². The van der Waals surface area contributed by atoms with Crippen LogP contribution < -0.4 is 15.9 Å². The molecule has 0 N–H and O–H groups in total. The van der Waals surface area contributed by atoms with Crippen molar-refractivity contribution in [2.75, 3.05) is 0 Å². The van der Waals surface area contributed by atoms with Crippen LogP contribution in [0.1, 0.15) is 5.56 Å². The molecule has 0 fully saturated rings. The van der Waals surface area contributed by atoms with Crippen molar-refractivity contribution in [3.63, 3.8) is 0 Å². The number of benzene rings is 5. The first-order chi connectivity index (χ1) is 16.8. The molecule has 0 atom stereocenters. The highest BCUT2D eigenvalue weighted by atomic mass is 31.2. The van der Waals surface area contributed by atoms with E-state index in [9.17, 15) is 0 Å². The van der Waals surface area contributed by atoms with E-state index in [1.165, 1.54) is 15.9 Å². The van der Waals surface area contributed by atoms with Crippen molar-refractivity contribution in [2.45, 2.75) is 0 Å². The lowest BCUT2D eigenvalue weighted by Gasteiger charge is -2.27. The van der Waals surface area contributed by atoms with Crippen molar-refractivity contribution in [1.29, 1.82) is 0 Å². The van der Waals surface area contributed by atoms with Crippen molar-refractivity contribution >= 4 is 40.6 Å². The SMILES string of the molecule is C(=Nc1ccc(N=P(c2ccccc2)(c2ccccc2)c2ccccc2)cc1)c1ccccc1. The van der Waals surface area contributed by atoms with Gasteiger partial charge in [-0.15, -0.1) is 0 Å². The minimum Gasteiger partial charge on any atom is -0.256 e. The molecule has 164 valence electrons. The van der Waals surface area contributed by atoms with Crippen LogP contribution in [0.4, 0.5) is 11.4 Å². The van der Waals surface area contributed by atoms with Crippen LogP contribution in [-0.4, -0.2) is 6.21 Å². The normalized spacial score (nSPS) is 11.4. The fourth-order valence-corrected chi connectivity index (χ4v) is 7.55. The van der Waals surface area contributed by atoms with Gasteiger partial charge < -0.3 is 0 Å². The first-order valence-electron chi connectivity index (χ1n) is 11.3. The quantitative estimate of drug-likeness (QED) is 0.190. The Kier molecular flexibility index (Phi) is 6.61. The number of nitrogens with zero attached hydrogens (tertiary/aromatic N) is 2. The van der Waals surface area contributed by atoms with Gasteiger partial charge >= 0.3 is 0 Å². The van der Waals surface area contributed by atoms with Crippen molar-refractivity contribution in [2.24, 2.45) is 9.74 Å². The molecule has 0 amide bonds. The fraction of sp³-hybridized carbons (Fsp3) is 0. The maximum atomic E-state index is 5.52. The lowest BCUT2D eigenvalue weighted by atomic mass is 10.2. The van der Waals surface area contributed by atoms with Gasteiger partial charge in [0.05, 0.1) is 18.4 Å². The summed E-state index contributed by atoms with van der Waals surface area (Å²) in [6.07, 6.45) is 1.89. The minimum absolute atomic E-state index is 0.908. The molecule has 0 unspecified atom stereocenters. The zero-order valence-electron chi connectivity index (χ0n) is 18.8. The Morgan fingerprint density at radius 3 is 1.24 bits per heavy atom. The molecule has 3 heteroatoms. The third-order valence-electron chi connectivity index (χ3n) is 5.67. The Labute approximate surface area is 201 Å². The van der Waals surface area contributed by atoms with Gasteiger partial charge in [0.25, 0.3) is 0 Å². The van der Waals surface area contributed by atoms with Gasteiger partial charge in [0.1, 0.15) is 0 Å². The molecule has 5 aromatic carbocycles. The van der Waals surface area contributed by atoms with Gasteiger partial charge in [0.15, 0.2) is 0 Å². The summed E-state index contributed by atoms with van der Waals surface area (Å²) in [6, 6.07) is 50.4. The second kappa shape index (κ2) is 10.3. The fourth-order valence-electron chi connectivity index (χ4n) is 4.02. The van der Waals surface area contributed by atoms with Gasteiger partial charge in [-0.2, -0.15) is 0 Å². The van der Waals surface area contributed by atoms with Crippen LogP contribution in [0.3, 0.4) is 0 Å². The summed E-state index contributed by atoms with van der Waals surface area (Å²) in [4.78, 5) is 4.63. The van der Waals surface area contributed by atoms with Crippen LogP contribution >= 0.6 is 7.05 Å². The largest absolute Gasteiger partial charge is 0.256 e. The second-order valence-electron chi connectivity index (χ2n) is 7.93. The molecule has 2 nitrogen and oxygen atoms in total. The van der Waals surface area contributed by atoms with Crippen molar-refractivity contribution in [3.05, 3.63) is 151 Å². The van der Waals surface area contributed by atoms with E-state index in [1.54, 1.807) is 0 Å². The van der Waals surface area contributed by atoms with Gasteiger partial charge in [-0.1, -0.05) is 121 Å². The highest BCUT2D eigenvalue weighted by molar-refractivity contribution is 7.87. The maximum absolute atomic E-state index is 5.52. The standard InChI is InChI=1S/C31H25N2P/c1-5-13-26(14-6-1)25-32-27-21-23-28(24-22-27)33-34(29-15-7-2-8-16-29,30-17-9-3-10-18-30)31-19-11-4-12-20-31/h1-25H. The molecule has 0 aliphatic heterocycles. The molecule has 0 radical (unpaired) electrons. The van der Waals surface area contributed by atoms with E-state index in [0.29, 0.717) is 0 Å². The van der Waals surface area contributed by atoms with Crippen LogP contribution in [0.15, 0.2) is 155 Å². The van der Waals surface area contributed by atoms with Crippen LogP contribution in [-0.2, 0) is 0 Å².